The third-order valence-corrected chi connectivity index (χ3v) is 3.26. The van der Waals surface area contributed by atoms with Crippen LogP contribution in [0, 0.1) is 5.41 Å². The van der Waals surface area contributed by atoms with Crippen LogP contribution < -0.4 is 0 Å². The summed E-state index contributed by atoms with van der Waals surface area (Å²) < 4.78 is 0. The van der Waals surface area contributed by atoms with Crippen molar-refractivity contribution in [3.63, 3.8) is 0 Å². The van der Waals surface area contributed by atoms with Gasteiger partial charge in [0.15, 0.2) is 0 Å². The van der Waals surface area contributed by atoms with Crippen molar-refractivity contribution in [3.8, 4) is 0 Å². The third kappa shape index (κ3) is 6.38. The molecule has 0 unspecified atom stereocenters. The van der Waals surface area contributed by atoms with E-state index >= 15 is 0 Å². The van der Waals surface area contributed by atoms with Crippen LogP contribution in [-0.2, 0) is 5.33 Å². The average Bonchev–Trinajstić information content (AvgIpc) is 2.53. The summed E-state index contributed by atoms with van der Waals surface area (Å²) in [6.07, 6.45) is 1.47. The van der Waals surface area contributed by atoms with E-state index in [0.29, 0.717) is 16.5 Å². The summed E-state index contributed by atoms with van der Waals surface area (Å²) in [6, 6.07) is 5.05. The fourth-order valence-corrected chi connectivity index (χ4v) is 1.43. The van der Waals surface area contributed by atoms with Gasteiger partial charge in [0.2, 0.25) is 0 Å². The first-order valence-electron chi connectivity index (χ1n) is 5.91. The molecule has 6 heteroatoms. The molecule has 0 aliphatic heterocycles. The standard InChI is InChI=1S/C9H7BrO2.C5H12O3/c10-4-7-1-8(5-11)3-9(2-7)6-12;1-5(2-6,3-7)4-8/h1-3,5-6H,4H2;6-8H,2-4H2,1H3. The second kappa shape index (κ2) is 9.77. The van der Waals surface area contributed by atoms with Gasteiger partial charge in [0.1, 0.15) is 12.6 Å². The number of hydrogen-bond acceptors (Lipinski definition) is 5. The molecule has 0 spiro atoms. The predicted octanol–water partition coefficient (Wildman–Crippen LogP) is 1.18. The maximum Gasteiger partial charge on any atom is 0.150 e. The van der Waals surface area contributed by atoms with Crippen molar-refractivity contribution in [1.82, 2.24) is 0 Å². The van der Waals surface area contributed by atoms with E-state index in [4.69, 9.17) is 15.3 Å². The first-order valence-corrected chi connectivity index (χ1v) is 7.03. The van der Waals surface area contributed by atoms with Gasteiger partial charge in [0.05, 0.1) is 19.8 Å². The zero-order valence-corrected chi connectivity index (χ0v) is 12.8. The smallest absolute Gasteiger partial charge is 0.150 e. The molecule has 3 N–H and O–H groups in total. The lowest BCUT2D eigenvalue weighted by atomic mass is 9.95. The summed E-state index contributed by atoms with van der Waals surface area (Å²) in [6.45, 7) is 1.06. The summed E-state index contributed by atoms with van der Waals surface area (Å²) in [5.74, 6) is 0. The first kappa shape index (κ1) is 18.9. The van der Waals surface area contributed by atoms with Crippen LogP contribution in [0.15, 0.2) is 18.2 Å². The average molecular weight is 347 g/mol. The molecule has 0 aliphatic carbocycles. The molecule has 0 saturated carbocycles. The lowest BCUT2D eigenvalue weighted by molar-refractivity contribution is 0.0200. The molecule has 20 heavy (non-hydrogen) atoms. The number of carbonyl (C=O) groups is 2. The van der Waals surface area contributed by atoms with E-state index in [1.165, 1.54) is 0 Å². The minimum absolute atomic E-state index is 0.181. The van der Waals surface area contributed by atoms with Crippen molar-refractivity contribution in [1.29, 1.82) is 0 Å². The van der Waals surface area contributed by atoms with Crippen molar-refractivity contribution < 1.29 is 24.9 Å². The van der Waals surface area contributed by atoms with Gasteiger partial charge in [0.25, 0.3) is 0 Å². The van der Waals surface area contributed by atoms with Crippen molar-refractivity contribution in [3.05, 3.63) is 34.9 Å². The number of benzene rings is 1. The largest absolute Gasteiger partial charge is 0.396 e. The minimum atomic E-state index is -0.708. The maximum absolute atomic E-state index is 10.4. The molecule has 1 rings (SSSR count). The summed E-state index contributed by atoms with van der Waals surface area (Å²) in [4.78, 5) is 20.8. The molecule has 0 aliphatic rings. The van der Waals surface area contributed by atoms with Crippen LogP contribution in [0.3, 0.4) is 0 Å². The van der Waals surface area contributed by atoms with Crippen LogP contribution in [0.1, 0.15) is 33.2 Å². The number of hydrogen-bond donors (Lipinski definition) is 3. The Labute approximate surface area is 126 Å². The molecular weight excluding hydrogens is 328 g/mol. The Bertz CT molecular complexity index is 395. The van der Waals surface area contributed by atoms with Gasteiger partial charge >= 0.3 is 0 Å². The Morgan fingerprint density at radius 3 is 1.60 bits per heavy atom. The molecular formula is C14H19BrO5. The second-order valence-electron chi connectivity index (χ2n) is 4.66. The van der Waals surface area contributed by atoms with Crippen LogP contribution in [0.5, 0.6) is 0 Å². The lowest BCUT2D eigenvalue weighted by Gasteiger charge is -2.20. The molecule has 5 nitrogen and oxygen atoms in total. The summed E-state index contributed by atoms with van der Waals surface area (Å²) in [5, 5.41) is 26.0. The van der Waals surface area contributed by atoms with Crippen LogP contribution in [0.25, 0.3) is 0 Å². The summed E-state index contributed by atoms with van der Waals surface area (Å²) in [5.41, 5.74) is 1.30. The quantitative estimate of drug-likeness (QED) is 0.531. The van der Waals surface area contributed by atoms with Gasteiger partial charge in [-0.3, -0.25) is 9.59 Å². The van der Waals surface area contributed by atoms with Crippen molar-refractivity contribution in [2.45, 2.75) is 12.3 Å². The van der Waals surface area contributed by atoms with Gasteiger partial charge in [-0.1, -0.05) is 22.9 Å². The molecule has 0 bridgehead atoms. The highest BCUT2D eigenvalue weighted by atomic mass is 79.9. The molecule has 1 aromatic carbocycles. The van der Waals surface area contributed by atoms with Gasteiger partial charge in [-0.2, -0.15) is 0 Å². The highest BCUT2D eigenvalue weighted by molar-refractivity contribution is 9.08. The fourth-order valence-electron chi connectivity index (χ4n) is 1.11. The van der Waals surface area contributed by atoms with Gasteiger partial charge in [-0.15, -0.1) is 0 Å². The highest BCUT2D eigenvalue weighted by Gasteiger charge is 2.20. The van der Waals surface area contributed by atoms with Gasteiger partial charge < -0.3 is 15.3 Å². The van der Waals surface area contributed by atoms with Crippen LogP contribution in [0.2, 0.25) is 0 Å². The Hall–Kier alpha value is -1.08. The zero-order chi connectivity index (χ0) is 15.6. The molecule has 0 heterocycles. The lowest BCUT2D eigenvalue weighted by Crippen LogP contribution is -2.29. The topological polar surface area (TPSA) is 94.8 Å². The Kier molecular flexibility index (Phi) is 9.24. The van der Waals surface area contributed by atoms with Crippen LogP contribution in [-0.4, -0.2) is 47.7 Å². The number of halogens is 1. The molecule has 0 amide bonds. The van der Waals surface area contributed by atoms with Gasteiger partial charge in [-0.05, 0) is 23.8 Å². The molecule has 112 valence electrons. The van der Waals surface area contributed by atoms with E-state index in [1.807, 2.05) is 0 Å². The molecule has 0 atom stereocenters. The number of aliphatic hydroxyl groups excluding tert-OH is 3. The van der Waals surface area contributed by atoms with E-state index in [-0.39, 0.29) is 19.8 Å². The Morgan fingerprint density at radius 2 is 1.40 bits per heavy atom. The molecule has 0 aromatic heterocycles. The highest BCUT2D eigenvalue weighted by Crippen LogP contribution is 2.11. The SMILES string of the molecule is CC(CO)(CO)CO.O=Cc1cc(C=O)cc(CBr)c1. The Balaban J connectivity index is 0.000000396. The fraction of sp³-hybridized carbons (Fsp3) is 0.429. The van der Waals surface area contributed by atoms with Gasteiger partial charge in [0, 0.05) is 21.9 Å². The Morgan fingerprint density at radius 1 is 1.00 bits per heavy atom. The predicted molar refractivity (Wildman–Crippen MR) is 79.2 cm³/mol. The van der Waals surface area contributed by atoms with Crippen LogP contribution >= 0.6 is 15.9 Å². The minimum Gasteiger partial charge on any atom is -0.396 e. The monoisotopic (exact) mass is 346 g/mol. The van der Waals surface area contributed by atoms with E-state index < -0.39 is 5.41 Å². The van der Waals surface area contributed by atoms with Crippen LogP contribution in [0.4, 0.5) is 0 Å². The number of alkyl halides is 1. The van der Waals surface area contributed by atoms with Crippen molar-refractivity contribution >= 4 is 28.5 Å². The summed E-state index contributed by atoms with van der Waals surface area (Å²) >= 11 is 3.25. The van der Waals surface area contributed by atoms with E-state index in [1.54, 1.807) is 25.1 Å². The van der Waals surface area contributed by atoms with Crippen molar-refractivity contribution in [2.24, 2.45) is 5.41 Å². The zero-order valence-electron chi connectivity index (χ0n) is 11.3. The van der Waals surface area contributed by atoms with E-state index in [0.717, 1.165) is 18.1 Å². The number of aliphatic hydroxyl groups is 3. The molecule has 1 aromatic rings. The first-order chi connectivity index (χ1) is 9.48. The van der Waals surface area contributed by atoms with E-state index in [9.17, 15) is 9.59 Å². The van der Waals surface area contributed by atoms with Gasteiger partial charge in [-0.25, -0.2) is 0 Å². The molecule has 0 saturated heterocycles. The third-order valence-electron chi connectivity index (χ3n) is 2.61. The molecule has 0 fully saturated rings. The number of aldehydes is 2. The number of carbonyl (C=O) groups excluding carboxylic acids is 2. The normalized spacial score (nSPS) is 10.4. The maximum atomic E-state index is 10.4. The van der Waals surface area contributed by atoms with Crippen molar-refractivity contribution in [2.75, 3.05) is 19.8 Å². The molecule has 0 radical (unpaired) electrons. The second-order valence-corrected chi connectivity index (χ2v) is 5.22. The number of rotatable bonds is 6. The van der Waals surface area contributed by atoms with E-state index in [2.05, 4.69) is 15.9 Å². The summed E-state index contributed by atoms with van der Waals surface area (Å²) in [7, 11) is 0.